The highest BCUT2D eigenvalue weighted by Crippen LogP contribution is 2.18. The molecule has 0 saturated carbocycles. The fourth-order valence-corrected chi connectivity index (χ4v) is 2.04. The second kappa shape index (κ2) is 7.80. The number of hydrogen-bond acceptors (Lipinski definition) is 3. The second-order valence-corrected chi connectivity index (χ2v) is 4.68. The summed E-state index contributed by atoms with van der Waals surface area (Å²) < 4.78 is 10.6. The van der Waals surface area contributed by atoms with E-state index in [-0.39, 0.29) is 5.92 Å². The summed E-state index contributed by atoms with van der Waals surface area (Å²) >= 11 is 0. The van der Waals surface area contributed by atoms with Crippen LogP contribution in [-0.2, 0) is 14.3 Å². The molecular weight excluding hydrogens is 204 g/mol. The molecule has 1 aliphatic heterocycles. The van der Waals surface area contributed by atoms with E-state index in [1.54, 1.807) is 7.11 Å². The third-order valence-electron chi connectivity index (χ3n) is 3.29. The van der Waals surface area contributed by atoms with Gasteiger partial charge in [-0.1, -0.05) is 6.92 Å². The van der Waals surface area contributed by atoms with E-state index < -0.39 is 0 Å². The lowest BCUT2D eigenvalue weighted by atomic mass is 9.96. The number of ether oxygens (including phenoxy) is 2. The Kier molecular flexibility index (Phi) is 6.65. The van der Waals surface area contributed by atoms with Crippen molar-refractivity contribution in [3.8, 4) is 0 Å². The van der Waals surface area contributed by atoms with Crippen LogP contribution in [0, 0.1) is 5.92 Å². The van der Waals surface area contributed by atoms with E-state index >= 15 is 0 Å². The minimum atomic E-state index is 0.128. The van der Waals surface area contributed by atoms with Crippen LogP contribution < -0.4 is 0 Å². The minimum Gasteiger partial charge on any atom is -0.385 e. The first kappa shape index (κ1) is 13.7. The van der Waals surface area contributed by atoms with Gasteiger partial charge in [0.2, 0.25) is 0 Å². The fraction of sp³-hybridized carbons (Fsp3) is 0.923. The van der Waals surface area contributed by atoms with E-state index in [9.17, 15) is 4.79 Å². The summed E-state index contributed by atoms with van der Waals surface area (Å²) in [6.07, 6.45) is 6.27. The number of rotatable bonds is 7. The average molecular weight is 228 g/mol. The predicted octanol–water partition coefficient (Wildman–Crippen LogP) is 2.58. The van der Waals surface area contributed by atoms with Crippen molar-refractivity contribution in [1.29, 1.82) is 0 Å². The number of hydrogen-bond donors (Lipinski definition) is 0. The molecule has 0 N–H and O–H groups in total. The normalized spacial score (nSPS) is 23.0. The van der Waals surface area contributed by atoms with Crippen molar-refractivity contribution in [1.82, 2.24) is 0 Å². The zero-order valence-corrected chi connectivity index (χ0v) is 10.5. The van der Waals surface area contributed by atoms with Crippen molar-refractivity contribution in [3.63, 3.8) is 0 Å². The highest BCUT2D eigenvalue weighted by molar-refractivity contribution is 5.80. The minimum absolute atomic E-state index is 0.128. The summed E-state index contributed by atoms with van der Waals surface area (Å²) in [6.45, 7) is 3.54. The molecule has 1 saturated heterocycles. The zero-order valence-electron chi connectivity index (χ0n) is 10.5. The van der Waals surface area contributed by atoms with E-state index in [2.05, 4.69) is 0 Å². The Morgan fingerprint density at radius 3 is 2.94 bits per heavy atom. The van der Waals surface area contributed by atoms with Crippen LogP contribution in [0.2, 0.25) is 0 Å². The van der Waals surface area contributed by atoms with Gasteiger partial charge in [-0.25, -0.2) is 0 Å². The Morgan fingerprint density at radius 2 is 2.31 bits per heavy atom. The highest BCUT2D eigenvalue weighted by Gasteiger charge is 2.18. The summed E-state index contributed by atoms with van der Waals surface area (Å²) in [5.74, 6) is 0.481. The van der Waals surface area contributed by atoms with Crippen molar-refractivity contribution in [2.75, 3.05) is 20.3 Å². The molecular formula is C13H24O3. The summed E-state index contributed by atoms with van der Waals surface area (Å²) in [6, 6.07) is 0. The van der Waals surface area contributed by atoms with Crippen molar-refractivity contribution in [2.24, 2.45) is 5.92 Å². The summed E-state index contributed by atoms with van der Waals surface area (Å²) in [7, 11) is 1.67. The first-order chi connectivity index (χ1) is 7.74. The summed E-state index contributed by atoms with van der Waals surface area (Å²) in [5.41, 5.74) is 0. The number of ketones is 1. The van der Waals surface area contributed by atoms with Gasteiger partial charge in [-0.3, -0.25) is 4.79 Å². The largest absolute Gasteiger partial charge is 0.385 e. The second-order valence-electron chi connectivity index (χ2n) is 4.68. The van der Waals surface area contributed by atoms with E-state index in [0.29, 0.717) is 24.9 Å². The Balaban J connectivity index is 2.12. The van der Waals surface area contributed by atoms with Gasteiger partial charge >= 0.3 is 0 Å². The number of methoxy groups -OCH3 is 1. The smallest absolute Gasteiger partial charge is 0.135 e. The van der Waals surface area contributed by atoms with Gasteiger partial charge < -0.3 is 9.47 Å². The molecule has 1 rings (SSSR count). The molecule has 0 spiro atoms. The van der Waals surface area contributed by atoms with E-state index in [0.717, 1.165) is 25.9 Å². The van der Waals surface area contributed by atoms with Crippen molar-refractivity contribution in [2.45, 2.75) is 51.6 Å². The van der Waals surface area contributed by atoms with Crippen LogP contribution in [0.1, 0.15) is 45.4 Å². The molecule has 2 atom stereocenters. The van der Waals surface area contributed by atoms with Crippen molar-refractivity contribution < 1.29 is 14.3 Å². The van der Waals surface area contributed by atoms with Crippen LogP contribution >= 0.6 is 0 Å². The van der Waals surface area contributed by atoms with E-state index in [1.807, 2.05) is 6.92 Å². The van der Waals surface area contributed by atoms with Crippen molar-refractivity contribution >= 4 is 5.78 Å². The van der Waals surface area contributed by atoms with Crippen LogP contribution in [0.5, 0.6) is 0 Å². The first-order valence-electron chi connectivity index (χ1n) is 6.37. The fourth-order valence-electron chi connectivity index (χ4n) is 2.04. The lowest BCUT2D eigenvalue weighted by molar-refractivity contribution is -0.123. The molecule has 2 unspecified atom stereocenters. The molecule has 0 aliphatic carbocycles. The summed E-state index contributed by atoms with van der Waals surface area (Å²) in [5, 5.41) is 0. The molecule has 94 valence electrons. The monoisotopic (exact) mass is 228 g/mol. The maximum absolute atomic E-state index is 11.8. The first-order valence-corrected chi connectivity index (χ1v) is 6.37. The third kappa shape index (κ3) is 5.08. The molecule has 0 aromatic heterocycles. The van der Waals surface area contributed by atoms with Gasteiger partial charge in [-0.05, 0) is 32.1 Å². The Labute approximate surface area is 98.5 Å². The molecule has 3 nitrogen and oxygen atoms in total. The van der Waals surface area contributed by atoms with Crippen LogP contribution in [-0.4, -0.2) is 32.2 Å². The molecule has 0 aromatic carbocycles. The average Bonchev–Trinajstić information content (AvgIpc) is 2.34. The van der Waals surface area contributed by atoms with Gasteiger partial charge in [0, 0.05) is 32.7 Å². The number of carbonyl (C=O) groups excluding carboxylic acids is 1. The van der Waals surface area contributed by atoms with Gasteiger partial charge in [-0.15, -0.1) is 0 Å². The maximum atomic E-state index is 11.8. The Morgan fingerprint density at radius 1 is 1.50 bits per heavy atom. The quantitative estimate of drug-likeness (QED) is 0.672. The van der Waals surface area contributed by atoms with Crippen LogP contribution in [0.4, 0.5) is 0 Å². The van der Waals surface area contributed by atoms with Gasteiger partial charge in [0.15, 0.2) is 0 Å². The van der Waals surface area contributed by atoms with Gasteiger partial charge in [0.25, 0.3) is 0 Å². The van der Waals surface area contributed by atoms with Crippen LogP contribution in [0.25, 0.3) is 0 Å². The molecule has 0 radical (unpaired) electrons. The lowest BCUT2D eigenvalue weighted by Gasteiger charge is -2.22. The van der Waals surface area contributed by atoms with E-state index in [1.165, 1.54) is 12.8 Å². The van der Waals surface area contributed by atoms with Gasteiger partial charge in [-0.2, -0.15) is 0 Å². The molecule has 16 heavy (non-hydrogen) atoms. The topological polar surface area (TPSA) is 35.5 Å². The zero-order chi connectivity index (χ0) is 11.8. The SMILES string of the molecule is COCCC(C)C(=O)CCC1CCCCO1. The number of Topliss-reactive ketones (excluding diaryl/α,β-unsaturated/α-hetero) is 1. The molecule has 1 aliphatic rings. The number of carbonyl (C=O) groups is 1. The van der Waals surface area contributed by atoms with Crippen LogP contribution in [0.15, 0.2) is 0 Å². The van der Waals surface area contributed by atoms with Crippen molar-refractivity contribution in [3.05, 3.63) is 0 Å². The van der Waals surface area contributed by atoms with E-state index in [4.69, 9.17) is 9.47 Å². The molecule has 0 aromatic rings. The molecule has 1 fully saturated rings. The third-order valence-corrected chi connectivity index (χ3v) is 3.29. The predicted molar refractivity (Wildman–Crippen MR) is 63.5 cm³/mol. The standard InChI is InChI=1S/C13H24O3/c1-11(8-10-15-2)13(14)7-6-12-5-3-4-9-16-12/h11-12H,3-10H2,1-2H3. The Bertz CT molecular complexity index is 197. The molecule has 3 heteroatoms. The van der Waals surface area contributed by atoms with Gasteiger partial charge in [0.1, 0.15) is 5.78 Å². The highest BCUT2D eigenvalue weighted by atomic mass is 16.5. The lowest BCUT2D eigenvalue weighted by Crippen LogP contribution is -2.21. The van der Waals surface area contributed by atoms with Crippen LogP contribution in [0.3, 0.4) is 0 Å². The molecule has 0 bridgehead atoms. The Hall–Kier alpha value is -0.410. The maximum Gasteiger partial charge on any atom is 0.135 e. The molecule has 1 heterocycles. The molecule has 0 amide bonds. The van der Waals surface area contributed by atoms with Gasteiger partial charge in [0.05, 0.1) is 6.10 Å². The summed E-state index contributed by atoms with van der Waals surface area (Å²) in [4.78, 5) is 11.8.